The van der Waals surface area contributed by atoms with Crippen LogP contribution in [0.1, 0.15) is 47.3 Å². The average Bonchev–Trinajstić information content (AvgIpc) is 2.54. The summed E-state index contributed by atoms with van der Waals surface area (Å²) < 4.78 is 5.54. The number of nitrogens with zero attached hydrogens (tertiary/aromatic N) is 1. The topological polar surface area (TPSA) is 46.6 Å². The van der Waals surface area contributed by atoms with Crippen LogP contribution in [-0.2, 0) is 4.79 Å². The summed E-state index contributed by atoms with van der Waals surface area (Å²) >= 11 is 0. The van der Waals surface area contributed by atoms with Gasteiger partial charge in [0.1, 0.15) is 11.7 Å². The van der Waals surface area contributed by atoms with E-state index >= 15 is 0 Å². The Labute approximate surface area is 134 Å². The third-order valence-electron chi connectivity index (χ3n) is 4.63. The Bertz CT molecular complexity index is 812. The second kappa shape index (κ2) is 4.95. The summed E-state index contributed by atoms with van der Waals surface area (Å²) in [6, 6.07) is 14.5. The van der Waals surface area contributed by atoms with E-state index in [1.807, 2.05) is 55.1 Å². The molecule has 0 fully saturated rings. The van der Waals surface area contributed by atoms with E-state index in [2.05, 4.69) is 0 Å². The zero-order valence-electron chi connectivity index (χ0n) is 13.0. The Balaban J connectivity index is 2.00. The molecule has 4 nitrogen and oxygen atoms in total. The predicted octanol–water partition coefficient (Wildman–Crippen LogP) is 3.29. The smallest absolute Gasteiger partial charge is 0.321 e. The minimum absolute atomic E-state index is 0.0117. The van der Waals surface area contributed by atoms with E-state index in [-0.39, 0.29) is 24.0 Å². The maximum Gasteiger partial charge on any atom is 0.321 e. The number of carbonyl (C=O) groups excluding carboxylic acids is 2. The Morgan fingerprint density at radius 1 is 0.957 bits per heavy atom. The lowest BCUT2D eigenvalue weighted by Crippen LogP contribution is -2.50. The van der Waals surface area contributed by atoms with Gasteiger partial charge in [0.05, 0.1) is 6.04 Å². The van der Waals surface area contributed by atoms with Crippen molar-refractivity contribution in [3.8, 4) is 5.75 Å². The summed E-state index contributed by atoms with van der Waals surface area (Å²) in [4.78, 5) is 27.5. The number of carbonyl (C=O) groups is 2. The molecule has 0 radical (unpaired) electrons. The maximum absolute atomic E-state index is 13.0. The lowest BCUT2D eigenvalue weighted by atomic mass is 9.77. The molecule has 0 N–H and O–H groups in total. The van der Waals surface area contributed by atoms with Gasteiger partial charge in [0, 0.05) is 17.2 Å². The van der Waals surface area contributed by atoms with Crippen LogP contribution in [0.25, 0.3) is 0 Å². The Kier molecular flexibility index (Phi) is 3.01. The molecule has 23 heavy (non-hydrogen) atoms. The number of benzene rings is 2. The van der Waals surface area contributed by atoms with Gasteiger partial charge >= 0.3 is 5.97 Å². The van der Waals surface area contributed by atoms with Gasteiger partial charge in [0.25, 0.3) is 5.91 Å². The third-order valence-corrected chi connectivity index (χ3v) is 4.63. The lowest BCUT2D eigenvalue weighted by molar-refractivity contribution is -0.139. The summed E-state index contributed by atoms with van der Waals surface area (Å²) in [5.74, 6) is -0.238. The summed E-state index contributed by atoms with van der Waals surface area (Å²) in [6.45, 7) is 3.96. The molecule has 0 spiro atoms. The highest BCUT2D eigenvalue weighted by atomic mass is 16.5. The van der Waals surface area contributed by atoms with Gasteiger partial charge in [-0.25, -0.2) is 0 Å². The minimum Gasteiger partial charge on any atom is -0.426 e. The van der Waals surface area contributed by atoms with Crippen LogP contribution in [0.4, 0.5) is 0 Å². The van der Waals surface area contributed by atoms with Crippen LogP contribution in [0.15, 0.2) is 48.5 Å². The number of hydrogen-bond donors (Lipinski definition) is 0. The van der Waals surface area contributed by atoms with Crippen molar-refractivity contribution in [2.45, 2.75) is 31.8 Å². The number of ether oxygens (including phenoxy) is 1. The number of fused-ring (bicyclic) bond motifs is 5. The number of esters is 1. The number of para-hydroxylation sites is 1. The van der Waals surface area contributed by atoms with Crippen molar-refractivity contribution >= 4 is 11.9 Å². The molecular weight excluding hydrogens is 290 g/mol. The number of amides is 1. The SMILES string of the molecule is CC(C)N1C(=O)c2ccccc2[C@H]2C(=O)Oc3ccccc3[C@H]21. The molecule has 0 bridgehead atoms. The highest BCUT2D eigenvalue weighted by Gasteiger charge is 2.49. The first kappa shape index (κ1) is 14.0. The van der Waals surface area contributed by atoms with Gasteiger partial charge in [-0.3, -0.25) is 9.59 Å². The van der Waals surface area contributed by atoms with E-state index in [9.17, 15) is 9.59 Å². The second-order valence-corrected chi connectivity index (χ2v) is 6.27. The maximum atomic E-state index is 13.0. The Morgan fingerprint density at radius 3 is 2.35 bits per heavy atom. The highest BCUT2D eigenvalue weighted by Crippen LogP contribution is 2.49. The Morgan fingerprint density at radius 2 is 1.61 bits per heavy atom. The van der Waals surface area contributed by atoms with Crippen LogP contribution in [0.2, 0.25) is 0 Å². The molecular formula is C19H17NO3. The zero-order valence-corrected chi connectivity index (χ0v) is 13.0. The first-order valence-corrected chi connectivity index (χ1v) is 7.82. The van der Waals surface area contributed by atoms with Crippen molar-refractivity contribution < 1.29 is 14.3 Å². The van der Waals surface area contributed by atoms with Gasteiger partial charge in [-0.15, -0.1) is 0 Å². The third kappa shape index (κ3) is 1.91. The van der Waals surface area contributed by atoms with E-state index in [4.69, 9.17) is 4.74 Å². The van der Waals surface area contributed by atoms with Gasteiger partial charge in [-0.2, -0.15) is 0 Å². The van der Waals surface area contributed by atoms with Gasteiger partial charge in [-0.1, -0.05) is 36.4 Å². The fourth-order valence-electron chi connectivity index (χ4n) is 3.69. The van der Waals surface area contributed by atoms with Crippen LogP contribution in [0, 0.1) is 0 Å². The molecule has 0 saturated carbocycles. The van der Waals surface area contributed by atoms with Crippen molar-refractivity contribution in [2.24, 2.45) is 0 Å². The largest absolute Gasteiger partial charge is 0.426 e. The molecule has 2 aromatic rings. The van der Waals surface area contributed by atoms with Gasteiger partial charge in [0.15, 0.2) is 0 Å². The van der Waals surface area contributed by atoms with Gasteiger partial charge in [-0.05, 0) is 31.5 Å². The molecule has 2 aromatic carbocycles. The standard InChI is InChI=1S/C19H17NO3/c1-11(2)20-17-14-9-5-6-10-15(14)23-19(22)16(17)12-7-3-4-8-13(12)18(20)21/h3-11,16-17H,1-2H3/t16-,17-/m1/s1. The molecule has 2 aliphatic rings. The van der Waals surface area contributed by atoms with E-state index in [1.165, 1.54) is 0 Å². The Hall–Kier alpha value is -2.62. The fourth-order valence-corrected chi connectivity index (χ4v) is 3.69. The zero-order chi connectivity index (χ0) is 16.1. The van der Waals surface area contributed by atoms with Crippen LogP contribution in [0.3, 0.4) is 0 Å². The predicted molar refractivity (Wildman–Crippen MR) is 85.3 cm³/mol. The molecule has 0 saturated heterocycles. The first-order valence-electron chi connectivity index (χ1n) is 7.82. The molecule has 0 aliphatic carbocycles. The van der Waals surface area contributed by atoms with Crippen molar-refractivity contribution in [3.05, 3.63) is 65.2 Å². The van der Waals surface area contributed by atoms with E-state index in [1.54, 1.807) is 12.1 Å². The summed E-state index contributed by atoms with van der Waals surface area (Å²) in [5, 5.41) is 0. The molecule has 2 aliphatic heterocycles. The van der Waals surface area contributed by atoms with Crippen LogP contribution < -0.4 is 4.74 Å². The monoisotopic (exact) mass is 307 g/mol. The van der Waals surface area contributed by atoms with Gasteiger partial charge in [0.2, 0.25) is 0 Å². The minimum atomic E-state index is -0.471. The molecule has 2 atom stereocenters. The van der Waals surface area contributed by atoms with Crippen LogP contribution in [-0.4, -0.2) is 22.8 Å². The van der Waals surface area contributed by atoms with Crippen molar-refractivity contribution in [1.82, 2.24) is 4.90 Å². The van der Waals surface area contributed by atoms with Crippen molar-refractivity contribution in [3.63, 3.8) is 0 Å². The molecule has 0 unspecified atom stereocenters. The van der Waals surface area contributed by atoms with E-state index in [0.29, 0.717) is 11.3 Å². The molecule has 4 heteroatoms. The molecule has 4 rings (SSSR count). The van der Waals surface area contributed by atoms with Crippen molar-refractivity contribution in [1.29, 1.82) is 0 Å². The molecule has 0 aromatic heterocycles. The molecule has 1 amide bonds. The average molecular weight is 307 g/mol. The first-order chi connectivity index (χ1) is 11.1. The highest BCUT2D eigenvalue weighted by molar-refractivity contribution is 6.01. The van der Waals surface area contributed by atoms with Crippen LogP contribution in [0.5, 0.6) is 5.75 Å². The summed E-state index contributed by atoms with van der Waals surface area (Å²) in [7, 11) is 0. The molecule has 116 valence electrons. The lowest BCUT2D eigenvalue weighted by Gasteiger charge is -2.45. The molecule has 2 heterocycles. The van der Waals surface area contributed by atoms with E-state index in [0.717, 1.165) is 11.1 Å². The summed E-state index contributed by atoms with van der Waals surface area (Å²) in [5.41, 5.74) is 2.26. The van der Waals surface area contributed by atoms with Crippen molar-refractivity contribution in [2.75, 3.05) is 0 Å². The van der Waals surface area contributed by atoms with Gasteiger partial charge < -0.3 is 9.64 Å². The number of rotatable bonds is 1. The van der Waals surface area contributed by atoms with Crippen LogP contribution >= 0.6 is 0 Å². The quantitative estimate of drug-likeness (QED) is 0.600. The van der Waals surface area contributed by atoms with E-state index < -0.39 is 5.92 Å². The number of hydrogen-bond acceptors (Lipinski definition) is 3. The second-order valence-electron chi connectivity index (χ2n) is 6.27. The summed E-state index contributed by atoms with van der Waals surface area (Å²) in [6.07, 6.45) is 0. The fraction of sp³-hybridized carbons (Fsp3) is 0.263. The normalized spacial score (nSPS) is 22.3.